The first kappa shape index (κ1) is 13.0. The van der Waals surface area contributed by atoms with Gasteiger partial charge >= 0.3 is 5.69 Å². The van der Waals surface area contributed by atoms with E-state index in [1.165, 1.54) is 12.6 Å². The van der Waals surface area contributed by atoms with Gasteiger partial charge in [-0.2, -0.15) is 4.98 Å². The molecule has 1 aromatic heterocycles. The van der Waals surface area contributed by atoms with E-state index >= 15 is 0 Å². The van der Waals surface area contributed by atoms with E-state index in [0.29, 0.717) is 17.8 Å². The fourth-order valence-electron chi connectivity index (χ4n) is 3.03. The van der Waals surface area contributed by atoms with E-state index in [1.807, 2.05) is 4.90 Å². The lowest BCUT2D eigenvalue weighted by Gasteiger charge is -2.37. The molecule has 2 saturated heterocycles. The van der Waals surface area contributed by atoms with Gasteiger partial charge in [0.1, 0.15) is 6.20 Å². The van der Waals surface area contributed by atoms with Crippen LogP contribution in [0.25, 0.3) is 0 Å². The predicted molar refractivity (Wildman–Crippen MR) is 75.0 cm³/mol. The minimum Gasteiger partial charge on any atom is -0.357 e. The van der Waals surface area contributed by atoms with Gasteiger partial charge in [0.2, 0.25) is 11.8 Å². The number of nitro groups is 1. The Balaban J connectivity index is 1.89. The fourth-order valence-corrected chi connectivity index (χ4v) is 3.03. The summed E-state index contributed by atoms with van der Waals surface area (Å²) >= 11 is 0. The Morgan fingerprint density at radius 1 is 1.45 bits per heavy atom. The minimum atomic E-state index is -0.407. The van der Waals surface area contributed by atoms with Crippen LogP contribution < -0.4 is 10.2 Å². The van der Waals surface area contributed by atoms with Gasteiger partial charge in [-0.1, -0.05) is 0 Å². The number of piperazine rings is 1. The molecule has 1 unspecified atom stereocenters. The van der Waals surface area contributed by atoms with Crippen molar-refractivity contribution in [1.29, 1.82) is 0 Å². The van der Waals surface area contributed by atoms with Crippen LogP contribution in [-0.2, 0) is 0 Å². The molecule has 3 heterocycles. The topological polar surface area (TPSA) is 87.4 Å². The van der Waals surface area contributed by atoms with Gasteiger partial charge in [-0.25, -0.2) is 4.98 Å². The molecule has 0 aromatic carbocycles. The van der Waals surface area contributed by atoms with Gasteiger partial charge in [-0.15, -0.1) is 0 Å². The van der Waals surface area contributed by atoms with E-state index in [-0.39, 0.29) is 5.69 Å². The summed E-state index contributed by atoms with van der Waals surface area (Å²) in [5, 5.41) is 14.0. The van der Waals surface area contributed by atoms with Crippen molar-refractivity contribution in [2.24, 2.45) is 0 Å². The highest BCUT2D eigenvalue weighted by Crippen LogP contribution is 2.30. The molecule has 2 aliphatic heterocycles. The van der Waals surface area contributed by atoms with Crippen LogP contribution in [0.4, 0.5) is 17.5 Å². The van der Waals surface area contributed by atoms with Crippen LogP contribution in [0.5, 0.6) is 0 Å². The summed E-state index contributed by atoms with van der Waals surface area (Å²) < 4.78 is 0. The van der Waals surface area contributed by atoms with Gasteiger partial charge in [0, 0.05) is 32.7 Å². The summed E-state index contributed by atoms with van der Waals surface area (Å²) in [6, 6.07) is 0.497. The molecule has 0 bridgehead atoms. The molecule has 8 nitrogen and oxygen atoms in total. The lowest BCUT2D eigenvalue weighted by atomic mass is 10.1. The molecule has 0 spiro atoms. The quantitative estimate of drug-likeness (QED) is 0.643. The summed E-state index contributed by atoms with van der Waals surface area (Å²) in [5.41, 5.74) is -0.0181. The van der Waals surface area contributed by atoms with E-state index in [4.69, 9.17) is 0 Å². The molecule has 2 aliphatic rings. The van der Waals surface area contributed by atoms with Crippen molar-refractivity contribution in [3.05, 3.63) is 16.3 Å². The average Bonchev–Trinajstić information content (AvgIpc) is 2.93. The Labute approximate surface area is 117 Å². The molecule has 0 aliphatic carbocycles. The Morgan fingerprint density at radius 3 is 3.05 bits per heavy atom. The normalized spacial score (nSPS) is 22.6. The number of anilines is 2. The molecular formula is C12H18N6O2. The third-order valence-electron chi connectivity index (χ3n) is 4.06. The maximum Gasteiger partial charge on any atom is 0.329 e. The maximum absolute atomic E-state index is 11.2. The van der Waals surface area contributed by atoms with Gasteiger partial charge in [0.15, 0.2) is 0 Å². The van der Waals surface area contributed by atoms with Crippen molar-refractivity contribution < 1.29 is 4.92 Å². The molecule has 20 heavy (non-hydrogen) atoms. The highest BCUT2D eigenvalue weighted by Gasteiger charge is 2.33. The van der Waals surface area contributed by atoms with Crippen molar-refractivity contribution in [3.63, 3.8) is 0 Å². The molecular weight excluding hydrogens is 260 g/mol. The lowest BCUT2D eigenvalue weighted by Crippen LogP contribution is -2.50. The van der Waals surface area contributed by atoms with Gasteiger partial charge in [-0.3, -0.25) is 15.0 Å². The second kappa shape index (κ2) is 5.20. The number of aromatic nitrogens is 2. The van der Waals surface area contributed by atoms with Crippen LogP contribution in [0.3, 0.4) is 0 Å². The van der Waals surface area contributed by atoms with Crippen molar-refractivity contribution in [2.45, 2.75) is 18.9 Å². The molecule has 108 valence electrons. The van der Waals surface area contributed by atoms with Gasteiger partial charge in [0.25, 0.3) is 0 Å². The molecule has 0 saturated carbocycles. The van der Waals surface area contributed by atoms with E-state index in [0.717, 1.165) is 32.6 Å². The number of fused-ring (bicyclic) bond motifs is 1. The standard InChI is InChI=1S/C12H18N6O2/c1-13-12-14-7-10(18(19)20)11(15-12)17-6-5-16-4-2-3-9(16)8-17/h7,9H,2-6,8H2,1H3,(H,13,14,15). The third kappa shape index (κ3) is 2.26. The SMILES string of the molecule is CNc1ncc([N+](=O)[O-])c(N2CCN3CCCC3C2)n1. The van der Waals surface area contributed by atoms with Crippen LogP contribution in [0, 0.1) is 10.1 Å². The Bertz CT molecular complexity index is 523. The molecule has 3 rings (SSSR count). The maximum atomic E-state index is 11.2. The first-order chi connectivity index (χ1) is 9.69. The lowest BCUT2D eigenvalue weighted by molar-refractivity contribution is -0.384. The van der Waals surface area contributed by atoms with E-state index in [1.54, 1.807) is 7.05 Å². The fraction of sp³-hybridized carbons (Fsp3) is 0.667. The zero-order chi connectivity index (χ0) is 14.1. The zero-order valence-corrected chi connectivity index (χ0v) is 11.4. The van der Waals surface area contributed by atoms with Crippen molar-refractivity contribution in [2.75, 3.05) is 43.4 Å². The number of nitrogens with one attached hydrogen (secondary N) is 1. The van der Waals surface area contributed by atoms with Crippen LogP contribution in [0.1, 0.15) is 12.8 Å². The first-order valence-corrected chi connectivity index (χ1v) is 6.87. The predicted octanol–water partition coefficient (Wildman–Crippen LogP) is 0.711. The number of rotatable bonds is 3. The molecule has 2 fully saturated rings. The summed E-state index contributed by atoms with van der Waals surface area (Å²) in [4.78, 5) is 23.5. The third-order valence-corrected chi connectivity index (χ3v) is 4.06. The highest BCUT2D eigenvalue weighted by atomic mass is 16.6. The number of hydrogen-bond donors (Lipinski definition) is 1. The second-order valence-electron chi connectivity index (χ2n) is 5.19. The van der Waals surface area contributed by atoms with Crippen LogP contribution in [0.2, 0.25) is 0 Å². The Morgan fingerprint density at radius 2 is 2.30 bits per heavy atom. The van der Waals surface area contributed by atoms with Crippen molar-refractivity contribution in [1.82, 2.24) is 14.9 Å². The largest absolute Gasteiger partial charge is 0.357 e. The minimum absolute atomic E-state index is 0.0181. The highest BCUT2D eigenvalue weighted by molar-refractivity contribution is 5.59. The van der Waals surface area contributed by atoms with Crippen LogP contribution in [0.15, 0.2) is 6.20 Å². The molecule has 0 radical (unpaired) electrons. The van der Waals surface area contributed by atoms with Crippen molar-refractivity contribution >= 4 is 17.5 Å². The Hall–Kier alpha value is -1.96. The summed E-state index contributed by atoms with van der Waals surface area (Å²) in [7, 11) is 1.71. The van der Waals surface area contributed by atoms with Crippen LogP contribution >= 0.6 is 0 Å². The van der Waals surface area contributed by atoms with E-state index < -0.39 is 4.92 Å². The smallest absolute Gasteiger partial charge is 0.329 e. The van der Waals surface area contributed by atoms with Gasteiger partial charge < -0.3 is 10.2 Å². The molecule has 8 heteroatoms. The molecule has 1 aromatic rings. The summed E-state index contributed by atoms with van der Waals surface area (Å²) in [6.07, 6.45) is 3.66. The molecule has 0 amide bonds. The average molecular weight is 278 g/mol. The second-order valence-corrected chi connectivity index (χ2v) is 5.19. The number of hydrogen-bond acceptors (Lipinski definition) is 7. The van der Waals surface area contributed by atoms with Gasteiger partial charge in [0.05, 0.1) is 4.92 Å². The first-order valence-electron chi connectivity index (χ1n) is 6.87. The van der Waals surface area contributed by atoms with Gasteiger partial charge in [-0.05, 0) is 19.4 Å². The number of nitrogens with zero attached hydrogens (tertiary/aromatic N) is 5. The van der Waals surface area contributed by atoms with E-state index in [2.05, 4.69) is 20.2 Å². The summed E-state index contributed by atoms with van der Waals surface area (Å²) in [6.45, 7) is 3.67. The van der Waals surface area contributed by atoms with Crippen LogP contribution in [-0.4, -0.2) is 59.1 Å². The van der Waals surface area contributed by atoms with E-state index in [9.17, 15) is 10.1 Å². The molecule has 1 atom stereocenters. The molecule has 1 N–H and O–H groups in total. The van der Waals surface area contributed by atoms with Crippen molar-refractivity contribution in [3.8, 4) is 0 Å². The zero-order valence-electron chi connectivity index (χ0n) is 11.4. The Kier molecular flexibility index (Phi) is 3.39. The monoisotopic (exact) mass is 278 g/mol. The summed E-state index contributed by atoms with van der Waals surface area (Å²) in [5.74, 6) is 0.848.